The van der Waals surface area contributed by atoms with E-state index in [2.05, 4.69) is 0 Å². The molecule has 2 rings (SSSR count). The number of carbonyl (C=O) groups excluding carboxylic acids is 1. The van der Waals surface area contributed by atoms with Crippen molar-refractivity contribution in [2.24, 2.45) is 10.9 Å². The third-order valence-electron chi connectivity index (χ3n) is 2.99. The first-order chi connectivity index (χ1) is 9.73. The van der Waals surface area contributed by atoms with E-state index in [1.807, 2.05) is 13.8 Å². The summed E-state index contributed by atoms with van der Waals surface area (Å²) in [5.41, 5.74) is 6.33. The molecule has 1 amide bonds. The Morgan fingerprint density at radius 2 is 1.76 bits per heavy atom. The maximum Gasteiger partial charge on any atom is 0.259 e. The molecule has 7 heteroatoms. The number of benzene rings is 1. The van der Waals surface area contributed by atoms with E-state index in [0.717, 1.165) is 11.3 Å². The van der Waals surface area contributed by atoms with E-state index in [1.54, 1.807) is 30.3 Å². The van der Waals surface area contributed by atoms with Crippen molar-refractivity contribution < 1.29 is 13.2 Å². The van der Waals surface area contributed by atoms with Crippen molar-refractivity contribution in [3.05, 3.63) is 40.1 Å². The molecule has 4 N–H and O–H groups in total. The number of primary amides is 1. The predicted octanol–water partition coefficient (Wildman–Crippen LogP) is 2.28. The lowest BCUT2D eigenvalue weighted by Crippen LogP contribution is -2.16. The van der Waals surface area contributed by atoms with Crippen LogP contribution in [-0.4, -0.2) is 14.3 Å². The summed E-state index contributed by atoms with van der Waals surface area (Å²) in [7, 11) is -3.97. The fourth-order valence-corrected chi connectivity index (χ4v) is 4.77. The minimum atomic E-state index is -3.97. The molecule has 1 aromatic carbocycles. The van der Waals surface area contributed by atoms with E-state index >= 15 is 0 Å². The predicted molar refractivity (Wildman–Crippen MR) is 83.7 cm³/mol. The van der Waals surface area contributed by atoms with E-state index in [1.165, 1.54) is 0 Å². The summed E-state index contributed by atoms with van der Waals surface area (Å²) in [5, 5.41) is 5.37. The van der Waals surface area contributed by atoms with Gasteiger partial charge in [0.05, 0.1) is 0 Å². The zero-order valence-corrected chi connectivity index (χ0v) is 13.3. The molecular formula is C14H16N2O3S2. The van der Waals surface area contributed by atoms with Crippen molar-refractivity contribution >= 4 is 27.3 Å². The molecule has 112 valence electrons. The molecule has 2 aromatic rings. The molecule has 5 nitrogen and oxygen atoms in total. The van der Waals surface area contributed by atoms with Gasteiger partial charge in [0.25, 0.3) is 5.91 Å². The molecule has 0 fully saturated rings. The molecule has 0 unspecified atom stereocenters. The van der Waals surface area contributed by atoms with Gasteiger partial charge in [-0.25, -0.2) is 13.6 Å². The molecule has 0 spiro atoms. The van der Waals surface area contributed by atoms with Gasteiger partial charge in [0, 0.05) is 10.4 Å². The molecule has 0 aliphatic carbocycles. The number of primary sulfonamides is 1. The lowest BCUT2D eigenvalue weighted by atomic mass is 10.0. The van der Waals surface area contributed by atoms with Crippen molar-refractivity contribution in [2.75, 3.05) is 0 Å². The lowest BCUT2D eigenvalue weighted by Gasteiger charge is -2.08. The van der Waals surface area contributed by atoms with Gasteiger partial charge in [0.2, 0.25) is 10.0 Å². The molecule has 1 aromatic heterocycles. The fraction of sp³-hybridized carbons (Fsp3) is 0.214. The van der Waals surface area contributed by atoms with Crippen LogP contribution in [0.5, 0.6) is 0 Å². The molecule has 21 heavy (non-hydrogen) atoms. The zero-order valence-electron chi connectivity index (χ0n) is 11.7. The summed E-state index contributed by atoms with van der Waals surface area (Å²) in [6.45, 7) is 3.69. The van der Waals surface area contributed by atoms with Crippen LogP contribution in [0.2, 0.25) is 0 Å². The molecule has 0 bridgehead atoms. The summed E-state index contributed by atoms with van der Waals surface area (Å²) in [6.07, 6.45) is 0. The smallest absolute Gasteiger partial charge is 0.259 e. The highest BCUT2D eigenvalue weighted by Crippen LogP contribution is 2.42. The molecule has 0 aliphatic heterocycles. The molecule has 0 atom stereocenters. The first-order valence-corrected chi connectivity index (χ1v) is 8.64. The van der Waals surface area contributed by atoms with Crippen LogP contribution in [0.1, 0.15) is 34.3 Å². The Balaban J connectivity index is 2.92. The second-order valence-electron chi connectivity index (χ2n) is 4.93. The quantitative estimate of drug-likeness (QED) is 0.901. The summed E-state index contributed by atoms with van der Waals surface area (Å²) < 4.78 is 24.0. The van der Waals surface area contributed by atoms with Crippen LogP contribution in [0.3, 0.4) is 0 Å². The normalized spacial score (nSPS) is 11.8. The van der Waals surface area contributed by atoms with Gasteiger partial charge >= 0.3 is 0 Å². The first kappa shape index (κ1) is 15.7. The Kier molecular flexibility index (Phi) is 4.18. The van der Waals surface area contributed by atoms with Gasteiger partial charge in [-0.2, -0.15) is 0 Å². The number of sulfonamides is 1. The Morgan fingerprint density at radius 1 is 1.19 bits per heavy atom. The van der Waals surface area contributed by atoms with E-state index in [4.69, 9.17) is 10.9 Å². The number of carbonyl (C=O) groups is 1. The van der Waals surface area contributed by atoms with Gasteiger partial charge in [-0.15, -0.1) is 11.3 Å². The number of rotatable bonds is 4. The number of hydrogen-bond donors (Lipinski definition) is 2. The van der Waals surface area contributed by atoms with E-state index in [-0.39, 0.29) is 15.7 Å². The standard InChI is InChI=1S/C14H16N2O3S2/c1-8(2)11-13(21(16,18)19)10(12(20-11)14(15)17)9-6-4-3-5-7-9/h3-8H,1-2H3,(H2,15,17)(H2,16,18,19). The van der Waals surface area contributed by atoms with Gasteiger partial charge in [0.1, 0.15) is 9.77 Å². The van der Waals surface area contributed by atoms with Gasteiger partial charge in [0.15, 0.2) is 0 Å². The highest BCUT2D eigenvalue weighted by atomic mass is 32.2. The summed E-state index contributed by atoms with van der Waals surface area (Å²) in [4.78, 5) is 12.5. The van der Waals surface area contributed by atoms with Crippen LogP contribution in [0.15, 0.2) is 35.2 Å². The monoisotopic (exact) mass is 324 g/mol. The van der Waals surface area contributed by atoms with Crippen LogP contribution < -0.4 is 10.9 Å². The molecule has 0 saturated carbocycles. The Morgan fingerprint density at radius 3 is 2.19 bits per heavy atom. The maximum atomic E-state index is 12.0. The fourth-order valence-electron chi connectivity index (χ4n) is 2.14. The lowest BCUT2D eigenvalue weighted by molar-refractivity contribution is 0.100. The van der Waals surface area contributed by atoms with Crippen molar-refractivity contribution in [3.63, 3.8) is 0 Å². The van der Waals surface area contributed by atoms with Crippen LogP contribution in [0.25, 0.3) is 11.1 Å². The van der Waals surface area contributed by atoms with Gasteiger partial charge in [-0.1, -0.05) is 44.2 Å². The van der Waals surface area contributed by atoms with Crippen molar-refractivity contribution in [1.29, 1.82) is 0 Å². The van der Waals surface area contributed by atoms with Gasteiger partial charge < -0.3 is 5.73 Å². The zero-order chi connectivity index (χ0) is 15.8. The van der Waals surface area contributed by atoms with Crippen molar-refractivity contribution in [2.45, 2.75) is 24.7 Å². The summed E-state index contributed by atoms with van der Waals surface area (Å²) in [5.74, 6) is -0.741. The highest BCUT2D eigenvalue weighted by Gasteiger charge is 2.29. The topological polar surface area (TPSA) is 103 Å². The average Bonchev–Trinajstić information content (AvgIpc) is 2.80. The van der Waals surface area contributed by atoms with Gasteiger partial charge in [-0.05, 0) is 11.5 Å². The Labute approximate surface area is 127 Å². The van der Waals surface area contributed by atoms with E-state index in [0.29, 0.717) is 16.0 Å². The third kappa shape index (κ3) is 2.99. The van der Waals surface area contributed by atoms with Gasteiger partial charge in [-0.3, -0.25) is 4.79 Å². The van der Waals surface area contributed by atoms with Crippen LogP contribution in [0, 0.1) is 0 Å². The minimum absolute atomic E-state index is 0.00231. The number of nitrogens with two attached hydrogens (primary N) is 2. The highest BCUT2D eigenvalue weighted by molar-refractivity contribution is 7.89. The second kappa shape index (κ2) is 5.59. The summed E-state index contributed by atoms with van der Waals surface area (Å²) in [6, 6.07) is 8.79. The SMILES string of the molecule is CC(C)c1sc(C(N)=O)c(-c2ccccc2)c1S(N)(=O)=O. The van der Waals surface area contributed by atoms with Crippen LogP contribution >= 0.6 is 11.3 Å². The molecule has 0 aliphatic rings. The van der Waals surface area contributed by atoms with Crippen molar-refractivity contribution in [1.82, 2.24) is 0 Å². The first-order valence-electron chi connectivity index (χ1n) is 6.28. The molecule has 0 saturated heterocycles. The minimum Gasteiger partial charge on any atom is -0.365 e. The third-order valence-corrected chi connectivity index (χ3v) is 5.61. The number of amides is 1. The van der Waals surface area contributed by atoms with E-state index in [9.17, 15) is 13.2 Å². The molecular weight excluding hydrogens is 308 g/mol. The Bertz CT molecular complexity index is 778. The van der Waals surface area contributed by atoms with Crippen molar-refractivity contribution in [3.8, 4) is 11.1 Å². The average molecular weight is 324 g/mol. The summed E-state index contributed by atoms with van der Waals surface area (Å²) >= 11 is 1.09. The maximum absolute atomic E-state index is 12.0. The van der Waals surface area contributed by atoms with Crippen LogP contribution in [-0.2, 0) is 10.0 Å². The Hall–Kier alpha value is -1.70. The number of hydrogen-bond acceptors (Lipinski definition) is 4. The molecule has 1 heterocycles. The molecule has 0 radical (unpaired) electrons. The largest absolute Gasteiger partial charge is 0.365 e. The van der Waals surface area contributed by atoms with Crippen LogP contribution in [0.4, 0.5) is 0 Å². The second-order valence-corrected chi connectivity index (χ2v) is 7.48. The number of thiophene rings is 1. The van der Waals surface area contributed by atoms with E-state index < -0.39 is 15.9 Å².